The predicted octanol–water partition coefficient (Wildman–Crippen LogP) is 3.55. The lowest BCUT2D eigenvalue weighted by Gasteiger charge is -2.26. The number of nitrogens with one attached hydrogen (secondary N) is 1. The first-order valence-electron chi connectivity index (χ1n) is 6.61. The van der Waals surface area contributed by atoms with E-state index < -0.39 is 0 Å². The molecule has 2 atom stereocenters. The maximum atomic E-state index is 3.62. The lowest BCUT2D eigenvalue weighted by atomic mass is 9.82. The molecule has 0 radical (unpaired) electrons. The van der Waals surface area contributed by atoms with E-state index in [1.807, 2.05) is 0 Å². The first-order chi connectivity index (χ1) is 7.33. The van der Waals surface area contributed by atoms with Crippen LogP contribution >= 0.6 is 11.8 Å². The first kappa shape index (κ1) is 13.4. The monoisotopic (exact) mass is 229 g/mol. The summed E-state index contributed by atoms with van der Waals surface area (Å²) in [5.74, 6) is 4.53. The fourth-order valence-electron chi connectivity index (χ4n) is 2.49. The normalized spacial score (nSPS) is 26.8. The molecule has 15 heavy (non-hydrogen) atoms. The molecule has 0 aromatic carbocycles. The molecule has 0 aliphatic heterocycles. The second kappa shape index (κ2) is 8.46. The van der Waals surface area contributed by atoms with Crippen LogP contribution in [0.5, 0.6) is 0 Å². The summed E-state index contributed by atoms with van der Waals surface area (Å²) in [5.41, 5.74) is 0. The van der Waals surface area contributed by atoms with Crippen LogP contribution in [0.1, 0.15) is 46.0 Å². The van der Waals surface area contributed by atoms with Crippen LogP contribution in [-0.2, 0) is 0 Å². The molecule has 1 fully saturated rings. The smallest absolute Gasteiger partial charge is 0.00204 e. The maximum absolute atomic E-state index is 3.62. The van der Waals surface area contributed by atoms with Crippen LogP contribution in [0.2, 0.25) is 0 Å². The summed E-state index contributed by atoms with van der Waals surface area (Å²) in [6.45, 7) is 7.13. The fraction of sp³-hybridized carbons (Fsp3) is 1.00. The number of hydrogen-bond donors (Lipinski definition) is 1. The van der Waals surface area contributed by atoms with Crippen LogP contribution in [0.15, 0.2) is 0 Å². The number of hydrogen-bond acceptors (Lipinski definition) is 2. The summed E-state index contributed by atoms with van der Waals surface area (Å²) in [7, 11) is 0. The molecule has 1 aliphatic rings. The van der Waals surface area contributed by atoms with Crippen molar-refractivity contribution in [2.75, 3.05) is 24.6 Å². The van der Waals surface area contributed by atoms with E-state index in [0.717, 1.165) is 11.8 Å². The zero-order valence-electron chi connectivity index (χ0n) is 10.4. The molecule has 1 aliphatic carbocycles. The second-order valence-corrected chi connectivity index (χ2v) is 6.29. The average Bonchev–Trinajstić information content (AvgIpc) is 2.23. The Kier molecular flexibility index (Phi) is 7.54. The minimum Gasteiger partial charge on any atom is -0.316 e. The van der Waals surface area contributed by atoms with Crippen molar-refractivity contribution in [3.63, 3.8) is 0 Å². The van der Waals surface area contributed by atoms with Gasteiger partial charge in [0.25, 0.3) is 0 Å². The van der Waals surface area contributed by atoms with Crippen molar-refractivity contribution in [3.8, 4) is 0 Å². The Morgan fingerprint density at radius 1 is 1.33 bits per heavy atom. The third-order valence-electron chi connectivity index (χ3n) is 3.32. The van der Waals surface area contributed by atoms with Gasteiger partial charge in [-0.15, -0.1) is 0 Å². The van der Waals surface area contributed by atoms with Crippen LogP contribution in [0.3, 0.4) is 0 Å². The minimum atomic E-state index is 0.965. The molecule has 1 N–H and O–H groups in total. The Bertz CT molecular complexity index is 149. The van der Waals surface area contributed by atoms with Crippen molar-refractivity contribution in [3.05, 3.63) is 0 Å². The van der Waals surface area contributed by atoms with E-state index in [2.05, 4.69) is 30.9 Å². The highest BCUT2D eigenvalue weighted by Gasteiger charge is 2.17. The second-order valence-electron chi connectivity index (χ2n) is 4.89. The molecule has 0 spiro atoms. The molecule has 0 amide bonds. The van der Waals surface area contributed by atoms with E-state index in [9.17, 15) is 0 Å². The summed E-state index contributed by atoms with van der Waals surface area (Å²) in [5, 5.41) is 3.62. The lowest BCUT2D eigenvalue weighted by Crippen LogP contribution is -2.27. The summed E-state index contributed by atoms with van der Waals surface area (Å²) in [6, 6.07) is 0. The maximum Gasteiger partial charge on any atom is -0.00204 e. The van der Waals surface area contributed by atoms with Gasteiger partial charge in [-0.05, 0) is 55.7 Å². The molecule has 1 nitrogen and oxygen atoms in total. The molecule has 2 unspecified atom stereocenters. The van der Waals surface area contributed by atoms with Gasteiger partial charge in [0, 0.05) is 0 Å². The summed E-state index contributed by atoms with van der Waals surface area (Å²) in [4.78, 5) is 0. The van der Waals surface area contributed by atoms with E-state index in [0.29, 0.717) is 0 Å². The third kappa shape index (κ3) is 6.47. The molecule has 90 valence electrons. The van der Waals surface area contributed by atoms with Crippen LogP contribution in [0, 0.1) is 11.8 Å². The fourth-order valence-corrected chi connectivity index (χ4v) is 3.13. The van der Waals surface area contributed by atoms with E-state index in [4.69, 9.17) is 0 Å². The molecule has 0 bridgehead atoms. The number of rotatable bonds is 7. The Morgan fingerprint density at radius 2 is 2.20 bits per heavy atom. The third-order valence-corrected chi connectivity index (χ3v) is 4.31. The topological polar surface area (TPSA) is 12.0 Å². The highest BCUT2D eigenvalue weighted by molar-refractivity contribution is 7.99. The molecule has 0 heterocycles. The highest BCUT2D eigenvalue weighted by Crippen LogP contribution is 2.27. The van der Waals surface area contributed by atoms with Crippen molar-refractivity contribution in [2.24, 2.45) is 11.8 Å². The molecule has 1 saturated carbocycles. The standard InChI is InChI=1S/C13H27NS/c1-3-15-9-5-8-14-11-13-7-4-6-12(2)10-13/h12-14H,3-11H2,1-2H3. The summed E-state index contributed by atoms with van der Waals surface area (Å²) in [6.07, 6.45) is 7.17. The van der Waals surface area contributed by atoms with Crippen LogP contribution in [0.25, 0.3) is 0 Å². The first-order valence-corrected chi connectivity index (χ1v) is 7.76. The van der Waals surface area contributed by atoms with E-state index >= 15 is 0 Å². The predicted molar refractivity (Wildman–Crippen MR) is 71.6 cm³/mol. The van der Waals surface area contributed by atoms with Gasteiger partial charge in [0.15, 0.2) is 0 Å². The van der Waals surface area contributed by atoms with Crippen LogP contribution in [-0.4, -0.2) is 24.6 Å². The molecular weight excluding hydrogens is 202 g/mol. The van der Waals surface area contributed by atoms with Gasteiger partial charge in [0.2, 0.25) is 0 Å². The average molecular weight is 229 g/mol. The van der Waals surface area contributed by atoms with Gasteiger partial charge >= 0.3 is 0 Å². The highest BCUT2D eigenvalue weighted by atomic mass is 32.2. The zero-order valence-corrected chi connectivity index (χ0v) is 11.2. The van der Waals surface area contributed by atoms with Gasteiger partial charge in [-0.1, -0.05) is 26.7 Å². The van der Waals surface area contributed by atoms with Crippen molar-refractivity contribution in [2.45, 2.75) is 46.0 Å². The lowest BCUT2D eigenvalue weighted by molar-refractivity contribution is 0.275. The van der Waals surface area contributed by atoms with Crippen LogP contribution < -0.4 is 5.32 Å². The summed E-state index contributed by atoms with van der Waals surface area (Å²) < 4.78 is 0. The Balaban J connectivity index is 1.90. The SMILES string of the molecule is CCSCCCNCC1CCCC(C)C1. The molecule has 2 heteroatoms. The molecule has 0 aromatic heterocycles. The van der Waals surface area contributed by atoms with Gasteiger partial charge in [-0.25, -0.2) is 0 Å². The summed E-state index contributed by atoms with van der Waals surface area (Å²) >= 11 is 2.05. The van der Waals surface area contributed by atoms with E-state index in [1.54, 1.807) is 0 Å². The van der Waals surface area contributed by atoms with Crippen molar-refractivity contribution in [1.82, 2.24) is 5.32 Å². The Labute approximate surface area is 99.8 Å². The molecule has 1 rings (SSSR count). The quantitative estimate of drug-likeness (QED) is 0.670. The van der Waals surface area contributed by atoms with Gasteiger partial charge in [0.05, 0.1) is 0 Å². The zero-order chi connectivity index (χ0) is 10.9. The number of thioether (sulfide) groups is 1. The largest absolute Gasteiger partial charge is 0.316 e. The van der Waals surface area contributed by atoms with Crippen molar-refractivity contribution >= 4 is 11.8 Å². The van der Waals surface area contributed by atoms with Gasteiger partial charge in [0.1, 0.15) is 0 Å². The van der Waals surface area contributed by atoms with Crippen LogP contribution in [0.4, 0.5) is 0 Å². The van der Waals surface area contributed by atoms with E-state index in [1.165, 1.54) is 56.7 Å². The molecular formula is C13H27NS. The van der Waals surface area contributed by atoms with Gasteiger partial charge in [-0.3, -0.25) is 0 Å². The van der Waals surface area contributed by atoms with Crippen molar-refractivity contribution < 1.29 is 0 Å². The van der Waals surface area contributed by atoms with Crippen molar-refractivity contribution in [1.29, 1.82) is 0 Å². The molecule has 0 aromatic rings. The van der Waals surface area contributed by atoms with Gasteiger partial charge in [-0.2, -0.15) is 11.8 Å². The molecule has 0 saturated heterocycles. The van der Waals surface area contributed by atoms with Gasteiger partial charge < -0.3 is 5.32 Å². The Hall–Kier alpha value is 0.310. The Morgan fingerprint density at radius 3 is 2.93 bits per heavy atom. The van der Waals surface area contributed by atoms with E-state index in [-0.39, 0.29) is 0 Å². The minimum absolute atomic E-state index is 0.965.